The van der Waals surface area contributed by atoms with Crippen molar-refractivity contribution in [3.8, 4) is 0 Å². The van der Waals surface area contributed by atoms with Crippen LogP contribution < -0.4 is 5.32 Å². The van der Waals surface area contributed by atoms with Gasteiger partial charge in [-0.25, -0.2) is 0 Å². The smallest absolute Gasteiger partial charge is 0.0736 e. The summed E-state index contributed by atoms with van der Waals surface area (Å²) in [6.45, 7) is 4.08. The number of para-hydroxylation sites is 1. The number of hydrogen-bond acceptors (Lipinski definition) is 2. The molecular weight excluding hydrogens is 338 g/mol. The van der Waals surface area contributed by atoms with Crippen LogP contribution in [0, 0.1) is 0 Å². The molecule has 0 unspecified atom stereocenters. The van der Waals surface area contributed by atoms with Crippen LogP contribution in [-0.4, -0.2) is 6.61 Å². The quantitative estimate of drug-likeness (QED) is 0.765. The van der Waals surface area contributed by atoms with Crippen LogP contribution in [0.2, 0.25) is 5.02 Å². The van der Waals surface area contributed by atoms with Gasteiger partial charge in [-0.3, -0.25) is 0 Å². The number of benzene rings is 2. The predicted molar refractivity (Wildman–Crippen MR) is 88.3 cm³/mol. The second-order valence-electron chi connectivity index (χ2n) is 4.38. The lowest BCUT2D eigenvalue weighted by molar-refractivity contribution is 0.134. The zero-order valence-electron chi connectivity index (χ0n) is 11.3. The van der Waals surface area contributed by atoms with E-state index in [1.165, 1.54) is 11.1 Å². The van der Waals surface area contributed by atoms with Gasteiger partial charge < -0.3 is 10.1 Å². The van der Waals surface area contributed by atoms with Crippen molar-refractivity contribution in [2.75, 3.05) is 11.9 Å². The van der Waals surface area contributed by atoms with Crippen molar-refractivity contribution in [3.63, 3.8) is 0 Å². The third kappa shape index (κ3) is 4.23. The maximum atomic E-state index is 5.95. The molecule has 0 aliphatic rings. The Bertz CT molecular complexity index is 574. The van der Waals surface area contributed by atoms with Gasteiger partial charge in [0.25, 0.3) is 0 Å². The number of nitrogens with one attached hydrogen (secondary N) is 1. The first-order chi connectivity index (χ1) is 9.70. The maximum Gasteiger partial charge on any atom is 0.0736 e. The molecule has 0 radical (unpaired) electrons. The molecule has 0 saturated heterocycles. The molecule has 0 heterocycles. The van der Waals surface area contributed by atoms with E-state index in [-0.39, 0.29) is 0 Å². The van der Waals surface area contributed by atoms with Crippen molar-refractivity contribution in [1.82, 2.24) is 0 Å². The van der Waals surface area contributed by atoms with Crippen molar-refractivity contribution in [2.24, 2.45) is 0 Å². The summed E-state index contributed by atoms with van der Waals surface area (Å²) in [6, 6.07) is 14.0. The lowest BCUT2D eigenvalue weighted by atomic mass is 10.1. The van der Waals surface area contributed by atoms with Gasteiger partial charge in [0.2, 0.25) is 0 Å². The van der Waals surface area contributed by atoms with Gasteiger partial charge in [0.1, 0.15) is 0 Å². The molecule has 1 N–H and O–H groups in total. The van der Waals surface area contributed by atoms with Crippen LogP contribution in [0.5, 0.6) is 0 Å². The van der Waals surface area contributed by atoms with Crippen molar-refractivity contribution in [1.29, 1.82) is 0 Å². The third-order valence-electron chi connectivity index (χ3n) is 2.96. The van der Waals surface area contributed by atoms with E-state index >= 15 is 0 Å². The summed E-state index contributed by atoms with van der Waals surface area (Å²) in [4.78, 5) is 0. The lowest BCUT2D eigenvalue weighted by Crippen LogP contribution is -2.04. The molecule has 0 aromatic heterocycles. The molecule has 2 aromatic rings. The van der Waals surface area contributed by atoms with E-state index in [0.717, 1.165) is 28.3 Å². The second kappa shape index (κ2) is 7.67. The Morgan fingerprint density at radius 1 is 1.15 bits per heavy atom. The summed E-state index contributed by atoms with van der Waals surface area (Å²) in [6.07, 6.45) is 0. The van der Waals surface area contributed by atoms with Gasteiger partial charge >= 0.3 is 0 Å². The molecule has 0 bridgehead atoms. The number of hydrogen-bond donors (Lipinski definition) is 1. The molecule has 0 atom stereocenters. The number of anilines is 1. The summed E-state index contributed by atoms with van der Waals surface area (Å²) in [5.74, 6) is 0. The van der Waals surface area contributed by atoms with Crippen LogP contribution in [0.3, 0.4) is 0 Å². The topological polar surface area (TPSA) is 21.3 Å². The number of ether oxygens (including phenoxy) is 1. The molecule has 2 aromatic carbocycles. The Labute approximate surface area is 133 Å². The molecule has 0 aliphatic heterocycles. The SMILES string of the molecule is CCOCc1ccccc1NCc1ccc(Cl)cc1Br. The Morgan fingerprint density at radius 3 is 2.70 bits per heavy atom. The van der Waals surface area contributed by atoms with Crippen LogP contribution >= 0.6 is 27.5 Å². The lowest BCUT2D eigenvalue weighted by Gasteiger charge is -2.13. The zero-order chi connectivity index (χ0) is 14.4. The summed E-state index contributed by atoms with van der Waals surface area (Å²) >= 11 is 9.48. The Balaban J connectivity index is 2.06. The van der Waals surface area contributed by atoms with Crippen LogP contribution in [0.15, 0.2) is 46.9 Å². The van der Waals surface area contributed by atoms with Crippen LogP contribution in [0.4, 0.5) is 5.69 Å². The van der Waals surface area contributed by atoms with E-state index in [1.807, 2.05) is 37.3 Å². The van der Waals surface area contributed by atoms with Gasteiger partial charge in [0.15, 0.2) is 0 Å². The van der Waals surface area contributed by atoms with Gasteiger partial charge in [-0.2, -0.15) is 0 Å². The minimum absolute atomic E-state index is 0.626. The highest BCUT2D eigenvalue weighted by Crippen LogP contribution is 2.23. The fourth-order valence-corrected chi connectivity index (χ4v) is 2.71. The fraction of sp³-hybridized carbons (Fsp3) is 0.250. The van der Waals surface area contributed by atoms with Crippen molar-refractivity contribution in [3.05, 3.63) is 63.1 Å². The first-order valence-corrected chi connectivity index (χ1v) is 7.71. The number of rotatable bonds is 6. The van der Waals surface area contributed by atoms with E-state index in [4.69, 9.17) is 16.3 Å². The van der Waals surface area contributed by atoms with Crippen LogP contribution in [0.25, 0.3) is 0 Å². The molecular formula is C16H17BrClNO. The van der Waals surface area contributed by atoms with Crippen LogP contribution in [-0.2, 0) is 17.9 Å². The molecule has 2 rings (SSSR count). The van der Waals surface area contributed by atoms with Gasteiger partial charge in [-0.15, -0.1) is 0 Å². The van der Waals surface area contributed by atoms with Gasteiger partial charge in [-0.1, -0.05) is 51.8 Å². The zero-order valence-corrected chi connectivity index (χ0v) is 13.7. The van der Waals surface area contributed by atoms with Gasteiger partial charge in [-0.05, 0) is 30.7 Å². The van der Waals surface area contributed by atoms with E-state index in [0.29, 0.717) is 6.61 Å². The highest BCUT2D eigenvalue weighted by atomic mass is 79.9. The first-order valence-electron chi connectivity index (χ1n) is 6.54. The Kier molecular flexibility index (Phi) is 5.89. The molecule has 0 spiro atoms. The third-order valence-corrected chi connectivity index (χ3v) is 3.94. The van der Waals surface area contributed by atoms with Gasteiger partial charge in [0.05, 0.1) is 6.61 Å². The molecule has 0 amide bonds. The molecule has 0 fully saturated rings. The molecule has 106 valence electrons. The summed E-state index contributed by atoms with van der Waals surface area (Å²) in [7, 11) is 0. The van der Waals surface area contributed by atoms with Crippen molar-refractivity contribution in [2.45, 2.75) is 20.1 Å². The maximum absolute atomic E-state index is 5.95. The van der Waals surface area contributed by atoms with Crippen LogP contribution in [0.1, 0.15) is 18.1 Å². The summed E-state index contributed by atoms with van der Waals surface area (Å²) < 4.78 is 6.50. The highest BCUT2D eigenvalue weighted by Gasteiger charge is 2.04. The average molecular weight is 355 g/mol. The van der Waals surface area contributed by atoms with E-state index in [2.05, 4.69) is 33.4 Å². The normalized spacial score (nSPS) is 10.6. The first kappa shape index (κ1) is 15.4. The monoisotopic (exact) mass is 353 g/mol. The summed E-state index contributed by atoms with van der Waals surface area (Å²) in [5.41, 5.74) is 3.43. The largest absolute Gasteiger partial charge is 0.381 e. The van der Waals surface area contributed by atoms with E-state index in [9.17, 15) is 0 Å². The minimum atomic E-state index is 0.626. The minimum Gasteiger partial charge on any atom is -0.381 e. The van der Waals surface area contributed by atoms with Gasteiger partial charge in [0, 0.05) is 33.9 Å². The molecule has 0 saturated carbocycles. The molecule has 20 heavy (non-hydrogen) atoms. The average Bonchev–Trinajstić information content (AvgIpc) is 2.45. The van der Waals surface area contributed by atoms with Crippen molar-refractivity contribution >= 4 is 33.2 Å². The Morgan fingerprint density at radius 2 is 1.95 bits per heavy atom. The number of halogens is 2. The van der Waals surface area contributed by atoms with E-state index < -0.39 is 0 Å². The predicted octanol–water partition coefficient (Wildman–Crippen LogP) is 5.25. The second-order valence-corrected chi connectivity index (χ2v) is 5.67. The molecule has 2 nitrogen and oxygen atoms in total. The fourth-order valence-electron chi connectivity index (χ4n) is 1.89. The summed E-state index contributed by atoms with van der Waals surface area (Å²) in [5, 5.41) is 4.18. The molecule has 0 aliphatic carbocycles. The Hall–Kier alpha value is -1.03. The molecule has 4 heteroatoms. The highest BCUT2D eigenvalue weighted by molar-refractivity contribution is 9.10. The van der Waals surface area contributed by atoms with Crippen molar-refractivity contribution < 1.29 is 4.74 Å². The standard InChI is InChI=1S/C16H17BrClNO/c1-2-20-11-13-5-3-4-6-16(13)19-10-12-7-8-14(18)9-15(12)17/h3-9,19H,2,10-11H2,1H3. The van der Waals surface area contributed by atoms with E-state index in [1.54, 1.807) is 0 Å².